The van der Waals surface area contributed by atoms with E-state index < -0.39 is 17.2 Å². The molecule has 1 aromatic carbocycles. The van der Waals surface area contributed by atoms with Crippen LogP contribution in [0.2, 0.25) is 0 Å². The number of carbonyl (C=O) groups is 1. The van der Waals surface area contributed by atoms with Gasteiger partial charge in [0.15, 0.2) is 0 Å². The van der Waals surface area contributed by atoms with Gasteiger partial charge in [0.2, 0.25) is 5.91 Å². The molecular formula is C28H39F3N4O. The van der Waals surface area contributed by atoms with Crippen LogP contribution in [0.15, 0.2) is 18.2 Å². The molecule has 5 nitrogen and oxygen atoms in total. The van der Waals surface area contributed by atoms with E-state index in [1.54, 1.807) is 12.1 Å². The SMILES string of the molecule is CC1CC2(CCN(C3CC3)CC2)C(=O)N1c1ccc(N2CC[C@H](N3CCC[C@@H]3C)C2)cc1C(F)(F)F. The van der Waals surface area contributed by atoms with E-state index >= 15 is 0 Å². The summed E-state index contributed by atoms with van der Waals surface area (Å²) in [5.74, 6) is -0.104. The number of amides is 1. The number of hydrogen-bond donors (Lipinski definition) is 0. The molecule has 4 aliphatic heterocycles. The molecule has 4 heterocycles. The van der Waals surface area contributed by atoms with Crippen molar-refractivity contribution in [3.63, 3.8) is 0 Å². The van der Waals surface area contributed by atoms with Crippen LogP contribution in [-0.2, 0) is 11.0 Å². The zero-order valence-corrected chi connectivity index (χ0v) is 21.6. The Morgan fingerprint density at radius 2 is 1.67 bits per heavy atom. The fraction of sp³-hybridized carbons (Fsp3) is 0.750. The number of carbonyl (C=O) groups excluding carboxylic acids is 1. The summed E-state index contributed by atoms with van der Waals surface area (Å²) in [6, 6.07) is 6.05. The first-order valence-electron chi connectivity index (χ1n) is 14.0. The van der Waals surface area contributed by atoms with Gasteiger partial charge >= 0.3 is 6.18 Å². The number of anilines is 2. The molecule has 6 rings (SSSR count). The molecule has 3 atom stereocenters. The first-order chi connectivity index (χ1) is 17.2. The normalized spacial score (nSPS) is 31.8. The van der Waals surface area contributed by atoms with E-state index in [0.29, 0.717) is 30.2 Å². The molecule has 36 heavy (non-hydrogen) atoms. The summed E-state index contributed by atoms with van der Waals surface area (Å²) >= 11 is 0. The molecule has 5 aliphatic rings. The van der Waals surface area contributed by atoms with Gasteiger partial charge in [0.1, 0.15) is 0 Å². The minimum atomic E-state index is -4.51. The van der Waals surface area contributed by atoms with Gasteiger partial charge in [-0.05, 0) is 103 Å². The van der Waals surface area contributed by atoms with Crippen LogP contribution < -0.4 is 9.80 Å². The van der Waals surface area contributed by atoms with E-state index in [2.05, 4.69) is 21.6 Å². The van der Waals surface area contributed by atoms with Crippen LogP contribution in [0.3, 0.4) is 0 Å². The zero-order valence-electron chi connectivity index (χ0n) is 21.6. The highest BCUT2D eigenvalue weighted by Crippen LogP contribution is 2.50. The van der Waals surface area contributed by atoms with Crippen LogP contribution in [0.5, 0.6) is 0 Å². The van der Waals surface area contributed by atoms with E-state index in [1.165, 1.54) is 36.6 Å². The summed E-state index contributed by atoms with van der Waals surface area (Å²) < 4.78 is 43.2. The quantitative estimate of drug-likeness (QED) is 0.568. The van der Waals surface area contributed by atoms with Gasteiger partial charge in [0, 0.05) is 42.9 Å². The number of piperidine rings is 1. The van der Waals surface area contributed by atoms with Gasteiger partial charge in [0.05, 0.1) is 16.7 Å². The number of alkyl halides is 3. The van der Waals surface area contributed by atoms with E-state index in [4.69, 9.17) is 0 Å². The molecule has 8 heteroatoms. The Labute approximate surface area is 212 Å². The van der Waals surface area contributed by atoms with Crippen LogP contribution in [0.25, 0.3) is 0 Å². The van der Waals surface area contributed by atoms with Gasteiger partial charge in [-0.3, -0.25) is 9.69 Å². The molecule has 1 aliphatic carbocycles. The maximum Gasteiger partial charge on any atom is 0.418 e. The maximum absolute atomic E-state index is 14.4. The Balaban J connectivity index is 1.24. The molecular weight excluding hydrogens is 465 g/mol. The average molecular weight is 505 g/mol. The Bertz CT molecular complexity index is 1000. The van der Waals surface area contributed by atoms with Crippen molar-refractivity contribution in [2.45, 2.75) is 95.6 Å². The summed E-state index contributed by atoms with van der Waals surface area (Å²) in [5.41, 5.74) is -0.534. The Hall–Kier alpha value is -1.80. The summed E-state index contributed by atoms with van der Waals surface area (Å²) in [6.07, 6.45) is 3.50. The van der Waals surface area contributed by atoms with Crippen molar-refractivity contribution in [2.24, 2.45) is 5.41 Å². The second-order valence-corrected chi connectivity index (χ2v) is 12.1. The van der Waals surface area contributed by atoms with Crippen molar-refractivity contribution < 1.29 is 18.0 Å². The lowest BCUT2D eigenvalue weighted by Gasteiger charge is -2.38. The number of rotatable bonds is 4. The summed E-state index contributed by atoms with van der Waals surface area (Å²) in [6.45, 7) is 8.55. The highest BCUT2D eigenvalue weighted by molar-refractivity contribution is 6.01. The van der Waals surface area contributed by atoms with Crippen molar-refractivity contribution in [2.75, 3.05) is 42.5 Å². The fourth-order valence-electron chi connectivity index (χ4n) is 7.62. The molecule has 0 aromatic heterocycles. The standard InChI is InChI=1S/C28H39F3N4O/c1-19-4-3-12-34(19)23-9-13-33(18-23)22-7-8-25(24(16-22)28(29,30)31)35-20(2)17-27(26(35)36)10-14-32(15-11-27)21-5-6-21/h7-8,16,19-21,23H,3-6,9-15,17-18H2,1-2H3/t19-,20?,23-/m0/s1. The van der Waals surface area contributed by atoms with Crippen LogP contribution in [0, 0.1) is 5.41 Å². The number of benzene rings is 1. The highest BCUT2D eigenvalue weighted by Gasteiger charge is 2.54. The van der Waals surface area contributed by atoms with Crippen LogP contribution in [0.1, 0.15) is 70.8 Å². The van der Waals surface area contributed by atoms with E-state index in [9.17, 15) is 18.0 Å². The van der Waals surface area contributed by atoms with Crippen LogP contribution in [0.4, 0.5) is 24.5 Å². The number of likely N-dealkylation sites (tertiary alicyclic amines) is 2. The van der Waals surface area contributed by atoms with Gasteiger partial charge in [-0.1, -0.05) is 0 Å². The van der Waals surface area contributed by atoms with Gasteiger partial charge < -0.3 is 14.7 Å². The Kier molecular flexibility index (Phi) is 6.06. The minimum absolute atomic E-state index is 0.0363. The fourth-order valence-corrected chi connectivity index (χ4v) is 7.62. The van der Waals surface area contributed by atoms with Crippen molar-refractivity contribution in [1.29, 1.82) is 0 Å². The molecule has 0 N–H and O–H groups in total. The van der Waals surface area contributed by atoms with E-state index in [1.807, 2.05) is 6.92 Å². The Morgan fingerprint density at radius 3 is 2.31 bits per heavy atom. The number of nitrogens with zero attached hydrogens (tertiary/aromatic N) is 4. The third-order valence-corrected chi connectivity index (χ3v) is 9.76. The largest absolute Gasteiger partial charge is 0.418 e. The van der Waals surface area contributed by atoms with Crippen molar-refractivity contribution in [3.8, 4) is 0 Å². The maximum atomic E-state index is 14.4. The van der Waals surface area contributed by atoms with Gasteiger partial charge in [-0.15, -0.1) is 0 Å². The molecule has 1 amide bonds. The lowest BCUT2D eigenvalue weighted by molar-refractivity contribution is -0.137. The van der Waals surface area contributed by atoms with E-state index in [0.717, 1.165) is 52.0 Å². The van der Waals surface area contributed by atoms with Crippen molar-refractivity contribution >= 4 is 17.3 Å². The third-order valence-electron chi connectivity index (χ3n) is 9.76. The molecule has 5 fully saturated rings. The summed E-state index contributed by atoms with van der Waals surface area (Å²) in [4.78, 5) is 22.3. The molecule has 198 valence electrons. The van der Waals surface area contributed by atoms with Crippen molar-refractivity contribution in [1.82, 2.24) is 9.80 Å². The molecule has 4 saturated heterocycles. The lowest BCUT2D eigenvalue weighted by Crippen LogP contribution is -2.45. The van der Waals surface area contributed by atoms with Gasteiger partial charge in [-0.2, -0.15) is 13.2 Å². The molecule has 1 aromatic rings. The number of halogens is 3. The van der Waals surface area contributed by atoms with Crippen molar-refractivity contribution in [3.05, 3.63) is 23.8 Å². The average Bonchev–Trinajstić information content (AvgIpc) is 3.32. The first-order valence-corrected chi connectivity index (χ1v) is 14.0. The smallest absolute Gasteiger partial charge is 0.370 e. The van der Waals surface area contributed by atoms with Gasteiger partial charge in [-0.25, -0.2) is 0 Å². The molecule has 1 saturated carbocycles. The topological polar surface area (TPSA) is 30.0 Å². The number of hydrogen-bond acceptors (Lipinski definition) is 4. The predicted octanol–water partition coefficient (Wildman–Crippen LogP) is 5.14. The molecule has 1 unspecified atom stereocenters. The monoisotopic (exact) mass is 504 g/mol. The minimum Gasteiger partial charge on any atom is -0.370 e. The van der Waals surface area contributed by atoms with Crippen LogP contribution in [-0.4, -0.2) is 72.6 Å². The lowest BCUT2D eigenvalue weighted by atomic mass is 9.76. The summed E-state index contributed by atoms with van der Waals surface area (Å²) in [7, 11) is 0. The summed E-state index contributed by atoms with van der Waals surface area (Å²) in [5, 5.41) is 0. The van der Waals surface area contributed by atoms with Crippen LogP contribution >= 0.6 is 0 Å². The molecule has 0 radical (unpaired) electrons. The third kappa shape index (κ3) is 4.22. The Morgan fingerprint density at radius 1 is 0.917 bits per heavy atom. The first kappa shape index (κ1) is 24.5. The predicted molar refractivity (Wildman–Crippen MR) is 135 cm³/mol. The van der Waals surface area contributed by atoms with Gasteiger partial charge in [0.25, 0.3) is 0 Å². The second-order valence-electron chi connectivity index (χ2n) is 12.1. The highest BCUT2D eigenvalue weighted by atomic mass is 19.4. The molecule has 1 spiro atoms. The molecule has 0 bridgehead atoms. The second kappa shape index (κ2) is 8.90. The zero-order chi connectivity index (χ0) is 25.2. The van der Waals surface area contributed by atoms with E-state index in [-0.39, 0.29) is 17.6 Å².